The molecular weight excluding hydrogens is 510 g/mol. The molecule has 3 unspecified atom stereocenters. The van der Waals surface area contributed by atoms with Crippen molar-refractivity contribution in [1.82, 2.24) is 20.1 Å². The number of hydrogen-bond acceptors (Lipinski definition) is 7. The van der Waals surface area contributed by atoms with Crippen molar-refractivity contribution in [2.75, 3.05) is 33.4 Å². The molecule has 1 aliphatic carbocycles. The van der Waals surface area contributed by atoms with E-state index in [2.05, 4.69) is 22.2 Å². The van der Waals surface area contributed by atoms with Gasteiger partial charge in [0, 0.05) is 36.6 Å². The first-order valence-electron chi connectivity index (χ1n) is 13.3. The first-order valence-corrected chi connectivity index (χ1v) is 13.7. The number of rotatable bonds is 5. The lowest BCUT2D eigenvalue weighted by Gasteiger charge is -2.43. The van der Waals surface area contributed by atoms with Gasteiger partial charge in [0.25, 0.3) is 0 Å². The largest absolute Gasteiger partial charge is 0.467 e. The maximum atomic E-state index is 13.7. The van der Waals surface area contributed by atoms with Crippen LogP contribution in [0.2, 0.25) is 0 Å². The summed E-state index contributed by atoms with van der Waals surface area (Å²) in [7, 11) is 1.33. The number of halogens is 1. The van der Waals surface area contributed by atoms with Gasteiger partial charge in [0.05, 0.1) is 48.3 Å². The number of ether oxygens (including phenoxy) is 2. The zero-order valence-electron chi connectivity index (χ0n) is 22.4. The predicted octanol–water partition coefficient (Wildman–Crippen LogP) is 0.0376. The SMILES string of the molecule is COC(=O)[C@H]1CCCN1C(=O)CN1CC(C)(C)OCC1C(=O)NC1=c2[nH]c3c(c2=CC(Cl)C1)CC(C)N=C3. The van der Waals surface area contributed by atoms with Crippen LogP contribution in [-0.4, -0.2) is 101 Å². The van der Waals surface area contributed by atoms with Crippen molar-refractivity contribution in [3.63, 3.8) is 0 Å². The minimum Gasteiger partial charge on any atom is -0.467 e. The lowest BCUT2D eigenvalue weighted by Crippen LogP contribution is -2.61. The van der Waals surface area contributed by atoms with E-state index in [0.29, 0.717) is 25.9 Å². The number of morpholine rings is 1. The number of hydrogen-bond donors (Lipinski definition) is 2. The summed E-state index contributed by atoms with van der Waals surface area (Å²) >= 11 is 6.60. The van der Waals surface area contributed by atoms with Crippen molar-refractivity contribution in [3.05, 3.63) is 21.8 Å². The van der Waals surface area contributed by atoms with E-state index in [1.165, 1.54) is 12.7 Å². The van der Waals surface area contributed by atoms with Gasteiger partial charge in [0.15, 0.2) is 0 Å². The number of fused-ring (bicyclic) bond motifs is 3. The molecule has 0 spiro atoms. The van der Waals surface area contributed by atoms with Gasteiger partial charge in [-0.25, -0.2) is 4.79 Å². The minimum absolute atomic E-state index is 0.00993. The van der Waals surface area contributed by atoms with Crippen LogP contribution in [0.1, 0.15) is 51.3 Å². The molecule has 4 heterocycles. The average molecular weight is 546 g/mol. The molecule has 2 amide bonds. The molecule has 3 aliphatic heterocycles. The molecule has 1 aromatic rings. The predicted molar refractivity (Wildman–Crippen MR) is 143 cm³/mol. The van der Waals surface area contributed by atoms with Gasteiger partial charge in [0.2, 0.25) is 11.8 Å². The molecule has 38 heavy (non-hydrogen) atoms. The number of methoxy groups -OCH3 is 1. The number of aromatic nitrogens is 1. The molecule has 0 saturated carbocycles. The summed E-state index contributed by atoms with van der Waals surface area (Å²) in [5, 5.41) is 4.74. The maximum Gasteiger partial charge on any atom is 0.328 e. The van der Waals surface area contributed by atoms with Crippen molar-refractivity contribution in [2.24, 2.45) is 4.99 Å². The summed E-state index contributed by atoms with van der Waals surface area (Å²) < 4.78 is 10.9. The van der Waals surface area contributed by atoms with E-state index in [0.717, 1.165) is 34.8 Å². The molecule has 1 aromatic heterocycles. The molecule has 0 aromatic carbocycles. The Kier molecular flexibility index (Phi) is 7.41. The van der Waals surface area contributed by atoms with Crippen LogP contribution < -0.4 is 15.9 Å². The molecular formula is C27H36ClN5O5. The van der Waals surface area contributed by atoms with Crippen molar-refractivity contribution < 1.29 is 23.9 Å². The van der Waals surface area contributed by atoms with E-state index in [1.54, 1.807) is 4.90 Å². The van der Waals surface area contributed by atoms with Gasteiger partial charge < -0.3 is 24.7 Å². The third kappa shape index (κ3) is 5.26. The zero-order chi connectivity index (χ0) is 27.2. The number of H-pyrrole nitrogens is 1. The van der Waals surface area contributed by atoms with Crippen LogP contribution in [0.3, 0.4) is 0 Å². The van der Waals surface area contributed by atoms with Gasteiger partial charge in [0.1, 0.15) is 12.1 Å². The number of likely N-dealkylation sites (tertiary alicyclic amines) is 1. The van der Waals surface area contributed by atoms with Crippen LogP contribution in [0.25, 0.3) is 11.8 Å². The van der Waals surface area contributed by atoms with E-state index in [4.69, 9.17) is 21.1 Å². The number of aliphatic imine (C=N–C) groups is 1. The topological polar surface area (TPSA) is 116 Å². The molecule has 2 N–H and O–H groups in total. The zero-order valence-corrected chi connectivity index (χ0v) is 23.1. The number of aromatic amines is 1. The lowest BCUT2D eigenvalue weighted by molar-refractivity contribution is -0.157. The fraction of sp³-hybridized carbons (Fsp3) is 0.630. The molecule has 11 heteroatoms. The van der Waals surface area contributed by atoms with E-state index in [1.807, 2.05) is 31.0 Å². The van der Waals surface area contributed by atoms with Crippen molar-refractivity contribution in [2.45, 2.75) is 75.6 Å². The van der Waals surface area contributed by atoms with Crippen LogP contribution in [0.15, 0.2) is 4.99 Å². The maximum absolute atomic E-state index is 13.7. The van der Waals surface area contributed by atoms with Crippen molar-refractivity contribution >= 4 is 47.4 Å². The highest BCUT2D eigenvalue weighted by molar-refractivity contribution is 6.24. The van der Waals surface area contributed by atoms with Gasteiger partial charge in [-0.2, -0.15) is 0 Å². The van der Waals surface area contributed by atoms with E-state index < -0.39 is 23.7 Å². The summed E-state index contributed by atoms with van der Waals surface area (Å²) in [6.07, 6.45) is 6.49. The van der Waals surface area contributed by atoms with Gasteiger partial charge >= 0.3 is 5.97 Å². The molecule has 5 rings (SSSR count). The standard InChI is InChI=1S/C27H36ClN5O5/c1-15-8-17-18-9-16(28)10-19(24(18)30-20(17)11-29-15)31-25(35)22-13-38-27(2,3)14-32(22)12-23(34)33-7-5-6-21(33)26(36)37-4/h9,11,15-16,21-22,30H,5-8,10,12-14H2,1-4H3,(H,31,35)/t15?,16?,21-,22?/m1/s1. The quantitative estimate of drug-likeness (QED) is 0.399. The fourth-order valence-electron chi connectivity index (χ4n) is 5.93. The monoisotopic (exact) mass is 545 g/mol. The Morgan fingerprint density at radius 1 is 1.29 bits per heavy atom. The molecule has 0 bridgehead atoms. The molecule has 2 saturated heterocycles. The third-order valence-corrected chi connectivity index (χ3v) is 8.08. The van der Waals surface area contributed by atoms with Crippen LogP contribution >= 0.6 is 11.6 Å². The van der Waals surface area contributed by atoms with Crippen molar-refractivity contribution in [3.8, 4) is 0 Å². The molecule has 206 valence electrons. The third-order valence-electron chi connectivity index (χ3n) is 7.80. The van der Waals surface area contributed by atoms with Gasteiger partial charge in [-0.3, -0.25) is 19.5 Å². The number of esters is 1. The molecule has 2 fully saturated rings. The Hall–Kier alpha value is -2.69. The smallest absolute Gasteiger partial charge is 0.328 e. The highest BCUT2D eigenvalue weighted by Crippen LogP contribution is 2.24. The van der Waals surface area contributed by atoms with Crippen LogP contribution in [0.5, 0.6) is 0 Å². The normalized spacial score (nSPS) is 28.3. The Morgan fingerprint density at radius 3 is 2.84 bits per heavy atom. The van der Waals surface area contributed by atoms with E-state index >= 15 is 0 Å². The molecule has 0 radical (unpaired) electrons. The van der Waals surface area contributed by atoms with Crippen LogP contribution in [-0.2, 0) is 30.3 Å². The Morgan fingerprint density at radius 2 is 2.08 bits per heavy atom. The fourth-order valence-corrected chi connectivity index (χ4v) is 6.21. The highest BCUT2D eigenvalue weighted by atomic mass is 35.5. The summed E-state index contributed by atoms with van der Waals surface area (Å²) in [5.41, 5.74) is 2.31. The van der Waals surface area contributed by atoms with Gasteiger partial charge in [-0.1, -0.05) is 6.08 Å². The Bertz CT molecular complexity index is 1290. The second kappa shape index (κ2) is 10.5. The Balaban J connectivity index is 1.38. The molecule has 4 atom stereocenters. The van der Waals surface area contributed by atoms with Crippen LogP contribution in [0, 0.1) is 0 Å². The number of amides is 2. The first kappa shape index (κ1) is 26.9. The Labute approximate surface area is 227 Å². The van der Waals surface area contributed by atoms with Gasteiger partial charge in [-0.15, -0.1) is 11.6 Å². The lowest BCUT2D eigenvalue weighted by atomic mass is 10.00. The number of nitrogens with one attached hydrogen (secondary N) is 2. The summed E-state index contributed by atoms with van der Waals surface area (Å²) in [6.45, 7) is 7.00. The summed E-state index contributed by atoms with van der Waals surface area (Å²) in [6, 6.07) is -1.06. The second-order valence-electron chi connectivity index (χ2n) is 11.3. The van der Waals surface area contributed by atoms with E-state index in [-0.39, 0.29) is 36.4 Å². The highest BCUT2D eigenvalue weighted by Gasteiger charge is 2.41. The minimum atomic E-state index is -0.673. The summed E-state index contributed by atoms with van der Waals surface area (Å²) in [4.78, 5) is 50.6. The first-order chi connectivity index (χ1) is 18.1. The molecule has 4 aliphatic rings. The average Bonchev–Trinajstić information content (AvgIpc) is 3.48. The number of alkyl halides is 1. The molecule has 10 nitrogen and oxygen atoms in total. The second-order valence-corrected chi connectivity index (χ2v) is 11.8. The summed E-state index contributed by atoms with van der Waals surface area (Å²) in [5.74, 6) is -0.847. The van der Waals surface area contributed by atoms with Crippen LogP contribution in [0.4, 0.5) is 0 Å². The number of carbonyl (C=O) groups excluding carboxylic acids is 3. The van der Waals surface area contributed by atoms with Crippen molar-refractivity contribution in [1.29, 1.82) is 0 Å². The number of nitrogens with zero attached hydrogens (tertiary/aromatic N) is 3. The van der Waals surface area contributed by atoms with Gasteiger partial charge in [-0.05, 0) is 45.6 Å². The van der Waals surface area contributed by atoms with E-state index in [9.17, 15) is 14.4 Å². The number of carbonyl (C=O) groups is 3.